The van der Waals surface area contributed by atoms with Crippen LogP contribution >= 0.6 is 0 Å². The van der Waals surface area contributed by atoms with Gasteiger partial charge in [-0.3, -0.25) is 0 Å². The number of alkyl halides is 1. The minimum absolute atomic E-state index is 0.269. The summed E-state index contributed by atoms with van der Waals surface area (Å²) >= 11 is 0. The van der Waals surface area contributed by atoms with Crippen LogP contribution in [0.5, 0.6) is 0 Å². The van der Waals surface area contributed by atoms with Crippen molar-refractivity contribution in [1.29, 1.82) is 0 Å². The molecule has 14 heavy (non-hydrogen) atoms. The summed E-state index contributed by atoms with van der Waals surface area (Å²) < 4.78 is 26.5. The van der Waals surface area contributed by atoms with E-state index in [-0.39, 0.29) is 5.82 Å². The lowest BCUT2D eigenvalue weighted by Gasteiger charge is -2.43. The van der Waals surface area contributed by atoms with Gasteiger partial charge in [-0.1, -0.05) is 18.6 Å². The Balaban J connectivity index is 2.37. The molecule has 0 aromatic heterocycles. The Morgan fingerprint density at radius 1 is 1.36 bits per heavy atom. The molecule has 0 amide bonds. The average molecular weight is 196 g/mol. The van der Waals surface area contributed by atoms with Gasteiger partial charge in [0, 0.05) is 5.41 Å². The summed E-state index contributed by atoms with van der Waals surface area (Å²) in [6, 6.07) is 6.36. The molecule has 0 N–H and O–H groups in total. The first-order valence-corrected chi connectivity index (χ1v) is 5.05. The lowest BCUT2D eigenvalue weighted by Crippen LogP contribution is -2.41. The van der Waals surface area contributed by atoms with Gasteiger partial charge in [-0.05, 0) is 37.5 Å². The fourth-order valence-corrected chi connectivity index (χ4v) is 2.27. The SMILES string of the molecule is CC(F)C1(c2cccc(F)c2)CCC1. The Kier molecular flexibility index (Phi) is 2.30. The molecule has 0 bridgehead atoms. The van der Waals surface area contributed by atoms with Crippen LogP contribution in [0.15, 0.2) is 24.3 Å². The van der Waals surface area contributed by atoms with Crippen LogP contribution in [-0.2, 0) is 5.41 Å². The van der Waals surface area contributed by atoms with E-state index in [0.717, 1.165) is 24.8 Å². The van der Waals surface area contributed by atoms with Crippen LogP contribution in [0, 0.1) is 5.82 Å². The highest BCUT2D eigenvalue weighted by atomic mass is 19.1. The van der Waals surface area contributed by atoms with Gasteiger partial charge in [0.05, 0.1) is 0 Å². The van der Waals surface area contributed by atoms with Gasteiger partial charge in [0.25, 0.3) is 0 Å². The van der Waals surface area contributed by atoms with E-state index in [2.05, 4.69) is 0 Å². The van der Waals surface area contributed by atoms with Crippen LogP contribution in [-0.4, -0.2) is 6.17 Å². The second-order valence-electron chi connectivity index (χ2n) is 4.14. The summed E-state index contributed by atoms with van der Waals surface area (Å²) in [6.45, 7) is 1.57. The van der Waals surface area contributed by atoms with Gasteiger partial charge in [-0.2, -0.15) is 0 Å². The van der Waals surface area contributed by atoms with Gasteiger partial charge < -0.3 is 0 Å². The van der Waals surface area contributed by atoms with Crippen LogP contribution in [0.25, 0.3) is 0 Å². The van der Waals surface area contributed by atoms with Crippen molar-refractivity contribution in [3.63, 3.8) is 0 Å². The highest BCUT2D eigenvalue weighted by Crippen LogP contribution is 2.47. The van der Waals surface area contributed by atoms with Crippen LogP contribution < -0.4 is 0 Å². The van der Waals surface area contributed by atoms with Crippen molar-refractivity contribution < 1.29 is 8.78 Å². The first-order valence-electron chi connectivity index (χ1n) is 5.05. The Morgan fingerprint density at radius 3 is 2.50 bits per heavy atom. The molecule has 1 fully saturated rings. The van der Waals surface area contributed by atoms with Gasteiger partial charge in [0.1, 0.15) is 12.0 Å². The van der Waals surface area contributed by atoms with E-state index >= 15 is 0 Å². The van der Waals surface area contributed by atoms with Gasteiger partial charge in [0.15, 0.2) is 0 Å². The number of benzene rings is 1. The molecular formula is C12H14F2. The molecule has 1 saturated carbocycles. The van der Waals surface area contributed by atoms with E-state index in [0.29, 0.717) is 0 Å². The summed E-state index contributed by atoms with van der Waals surface area (Å²) in [7, 11) is 0. The minimum atomic E-state index is -0.891. The summed E-state index contributed by atoms with van der Waals surface area (Å²) in [5.41, 5.74) is 0.418. The summed E-state index contributed by atoms with van der Waals surface area (Å²) in [5.74, 6) is -0.269. The fraction of sp³-hybridized carbons (Fsp3) is 0.500. The van der Waals surface area contributed by atoms with E-state index in [9.17, 15) is 8.78 Å². The molecule has 2 heteroatoms. The third kappa shape index (κ3) is 1.33. The second-order valence-corrected chi connectivity index (χ2v) is 4.14. The minimum Gasteiger partial charge on any atom is -0.247 e. The highest BCUT2D eigenvalue weighted by molar-refractivity contribution is 5.30. The molecule has 76 valence electrons. The molecule has 0 saturated heterocycles. The first kappa shape index (κ1) is 9.63. The Morgan fingerprint density at radius 2 is 2.07 bits per heavy atom. The number of hydrogen-bond donors (Lipinski definition) is 0. The second kappa shape index (κ2) is 3.34. The summed E-state index contributed by atoms with van der Waals surface area (Å²) in [5, 5.41) is 0. The molecule has 0 nitrogen and oxygen atoms in total. The van der Waals surface area contributed by atoms with Crippen LogP contribution in [0.2, 0.25) is 0 Å². The first-order chi connectivity index (χ1) is 6.65. The van der Waals surface area contributed by atoms with Crippen molar-refractivity contribution >= 4 is 0 Å². The maximum Gasteiger partial charge on any atom is 0.123 e. The van der Waals surface area contributed by atoms with Crippen molar-refractivity contribution in [2.45, 2.75) is 37.8 Å². The summed E-state index contributed by atoms with van der Waals surface area (Å²) in [6.07, 6.45) is 1.84. The molecule has 0 heterocycles. The monoisotopic (exact) mass is 196 g/mol. The highest BCUT2D eigenvalue weighted by Gasteiger charge is 2.43. The predicted molar refractivity (Wildman–Crippen MR) is 52.5 cm³/mol. The molecule has 0 aliphatic heterocycles. The van der Waals surface area contributed by atoms with E-state index in [1.807, 2.05) is 6.07 Å². The molecular weight excluding hydrogens is 182 g/mol. The van der Waals surface area contributed by atoms with Crippen LogP contribution in [0.1, 0.15) is 31.7 Å². The fourth-order valence-electron chi connectivity index (χ4n) is 2.27. The zero-order valence-corrected chi connectivity index (χ0v) is 8.26. The molecule has 1 aromatic rings. The Labute approximate surface area is 82.9 Å². The van der Waals surface area contributed by atoms with Gasteiger partial charge >= 0.3 is 0 Å². The molecule has 1 aromatic carbocycles. The van der Waals surface area contributed by atoms with E-state index in [1.165, 1.54) is 12.1 Å². The van der Waals surface area contributed by atoms with E-state index < -0.39 is 11.6 Å². The third-order valence-corrected chi connectivity index (χ3v) is 3.41. The van der Waals surface area contributed by atoms with Crippen molar-refractivity contribution in [2.75, 3.05) is 0 Å². The normalized spacial score (nSPS) is 21.4. The molecule has 0 radical (unpaired) electrons. The molecule has 1 unspecified atom stereocenters. The predicted octanol–water partition coefficient (Wildman–Crippen LogP) is 3.61. The maximum absolute atomic E-state index is 13.5. The van der Waals surface area contributed by atoms with Crippen molar-refractivity contribution in [3.8, 4) is 0 Å². The average Bonchev–Trinajstić information content (AvgIpc) is 2.00. The number of halogens is 2. The molecule has 1 aliphatic carbocycles. The van der Waals surface area contributed by atoms with E-state index in [4.69, 9.17) is 0 Å². The smallest absolute Gasteiger partial charge is 0.123 e. The molecule has 0 spiro atoms. The molecule has 1 aliphatic rings. The third-order valence-electron chi connectivity index (χ3n) is 3.41. The summed E-state index contributed by atoms with van der Waals surface area (Å²) in [4.78, 5) is 0. The largest absolute Gasteiger partial charge is 0.247 e. The zero-order valence-electron chi connectivity index (χ0n) is 8.26. The van der Waals surface area contributed by atoms with Crippen LogP contribution in [0.3, 0.4) is 0 Å². The number of hydrogen-bond acceptors (Lipinski definition) is 0. The Hall–Kier alpha value is -0.920. The lowest BCUT2D eigenvalue weighted by atomic mass is 9.62. The zero-order chi connectivity index (χ0) is 10.2. The van der Waals surface area contributed by atoms with Crippen molar-refractivity contribution in [2.24, 2.45) is 0 Å². The Bertz CT molecular complexity index is 327. The van der Waals surface area contributed by atoms with Crippen LogP contribution in [0.4, 0.5) is 8.78 Å². The quantitative estimate of drug-likeness (QED) is 0.677. The lowest BCUT2D eigenvalue weighted by molar-refractivity contribution is 0.114. The van der Waals surface area contributed by atoms with E-state index in [1.54, 1.807) is 13.0 Å². The standard InChI is InChI=1S/C12H14F2/c1-9(13)12(6-3-7-12)10-4-2-5-11(14)8-10/h2,4-5,8-9H,3,6-7H2,1H3. The van der Waals surface area contributed by atoms with Gasteiger partial charge in [-0.15, -0.1) is 0 Å². The molecule has 2 rings (SSSR count). The van der Waals surface area contributed by atoms with Gasteiger partial charge in [-0.25, -0.2) is 8.78 Å². The topological polar surface area (TPSA) is 0 Å². The van der Waals surface area contributed by atoms with Crippen molar-refractivity contribution in [3.05, 3.63) is 35.6 Å². The van der Waals surface area contributed by atoms with Crippen molar-refractivity contribution in [1.82, 2.24) is 0 Å². The molecule has 1 atom stereocenters. The maximum atomic E-state index is 13.5. The number of rotatable bonds is 2. The van der Waals surface area contributed by atoms with Gasteiger partial charge in [0.2, 0.25) is 0 Å².